The van der Waals surface area contributed by atoms with E-state index >= 15 is 0 Å². The number of esters is 1. The zero-order valence-electron chi connectivity index (χ0n) is 15.7. The second-order valence-corrected chi connectivity index (χ2v) is 12.6. The number of carbonyl (C=O) groups is 2. The average Bonchev–Trinajstić information content (AvgIpc) is 3.04. The maximum absolute atomic E-state index is 12.9. The Morgan fingerprint density at radius 2 is 1.93 bits per heavy atom. The van der Waals surface area contributed by atoms with E-state index in [1.165, 1.54) is 28.9 Å². The Balaban J connectivity index is 1.64. The van der Waals surface area contributed by atoms with Crippen LogP contribution in [0.15, 0.2) is 30.3 Å². The minimum absolute atomic E-state index is 0.0930. The van der Waals surface area contributed by atoms with Gasteiger partial charge in [-0.2, -0.15) is 0 Å². The lowest BCUT2D eigenvalue weighted by molar-refractivity contribution is -0.120. The molecule has 1 fully saturated rings. The molecule has 1 aromatic carbocycles. The quantitative estimate of drug-likeness (QED) is 0.414. The van der Waals surface area contributed by atoms with Gasteiger partial charge in [-0.25, -0.2) is 4.79 Å². The van der Waals surface area contributed by atoms with Gasteiger partial charge in [-0.05, 0) is 49.7 Å². The number of hydrogen-bond donors (Lipinski definition) is 1. The van der Waals surface area contributed by atoms with E-state index in [-0.39, 0.29) is 15.1 Å². The zero-order chi connectivity index (χ0) is 20.1. The van der Waals surface area contributed by atoms with Crippen LogP contribution in [0.1, 0.15) is 52.0 Å². The van der Waals surface area contributed by atoms with Gasteiger partial charge in [0.1, 0.15) is 5.00 Å². The average molecular weight is 527 g/mol. The molecule has 0 saturated heterocycles. The molecule has 2 atom stereocenters. The van der Waals surface area contributed by atoms with Crippen molar-refractivity contribution in [2.75, 3.05) is 12.4 Å². The first-order chi connectivity index (χ1) is 13.3. The first-order valence-corrected chi connectivity index (χ1v) is 11.6. The van der Waals surface area contributed by atoms with Crippen molar-refractivity contribution in [2.24, 2.45) is 5.41 Å². The van der Waals surface area contributed by atoms with Crippen molar-refractivity contribution in [1.82, 2.24) is 0 Å². The minimum Gasteiger partial charge on any atom is -0.465 e. The highest BCUT2D eigenvalue weighted by Crippen LogP contribution is 2.66. The molecule has 4 rings (SSSR count). The molecule has 1 aromatic heterocycles. The van der Waals surface area contributed by atoms with E-state index in [0.717, 1.165) is 24.8 Å². The summed E-state index contributed by atoms with van der Waals surface area (Å²) in [5, 5.41) is 3.63. The van der Waals surface area contributed by atoms with Crippen molar-refractivity contribution in [3.8, 4) is 0 Å². The Bertz CT molecular complexity index is 941. The summed E-state index contributed by atoms with van der Waals surface area (Å²) in [5.74, 6) is -0.0412. The topological polar surface area (TPSA) is 55.4 Å². The van der Waals surface area contributed by atoms with Gasteiger partial charge >= 0.3 is 5.97 Å². The summed E-state index contributed by atoms with van der Waals surface area (Å²) in [6.07, 6.45) is 3.36. The highest BCUT2D eigenvalue weighted by Gasteiger charge is 2.66. The molecule has 0 spiro atoms. The molecule has 1 heterocycles. The van der Waals surface area contributed by atoms with E-state index < -0.39 is 5.41 Å². The molecule has 28 heavy (non-hydrogen) atoms. The van der Waals surface area contributed by atoms with Crippen molar-refractivity contribution in [3.05, 3.63) is 51.9 Å². The number of nitrogens with one attached hydrogen (secondary N) is 1. The van der Waals surface area contributed by atoms with Gasteiger partial charge in [-0.1, -0.05) is 62.2 Å². The van der Waals surface area contributed by atoms with E-state index in [2.05, 4.69) is 61.4 Å². The smallest absolute Gasteiger partial charge is 0.341 e. The SMILES string of the molecule is COC(=O)c1c(NC(=O)C2(C)CC2(Br)Br)sc2c1CCC(c1ccccc1)C2. The number of halogens is 2. The van der Waals surface area contributed by atoms with Crippen LogP contribution >= 0.6 is 43.2 Å². The number of methoxy groups -OCH3 is 1. The molecule has 2 unspecified atom stereocenters. The maximum Gasteiger partial charge on any atom is 0.341 e. The molecule has 1 N–H and O–H groups in total. The summed E-state index contributed by atoms with van der Waals surface area (Å²) < 4.78 is 4.66. The van der Waals surface area contributed by atoms with E-state index in [0.29, 0.717) is 22.9 Å². The van der Waals surface area contributed by atoms with Crippen molar-refractivity contribution >= 4 is 60.1 Å². The number of fused-ring (bicyclic) bond motifs is 1. The van der Waals surface area contributed by atoms with Crippen LogP contribution in [-0.2, 0) is 22.4 Å². The minimum atomic E-state index is -0.544. The van der Waals surface area contributed by atoms with Crippen molar-refractivity contribution in [3.63, 3.8) is 0 Å². The fraction of sp³-hybridized carbons (Fsp3) is 0.429. The molecule has 0 aliphatic heterocycles. The number of hydrogen-bond acceptors (Lipinski definition) is 4. The summed E-state index contributed by atoms with van der Waals surface area (Å²) in [6.45, 7) is 1.91. The van der Waals surface area contributed by atoms with Crippen molar-refractivity contribution in [1.29, 1.82) is 0 Å². The fourth-order valence-electron chi connectivity index (χ4n) is 3.89. The van der Waals surface area contributed by atoms with E-state index in [1.54, 1.807) is 0 Å². The van der Waals surface area contributed by atoms with Crippen LogP contribution in [0.5, 0.6) is 0 Å². The lowest BCUT2D eigenvalue weighted by Gasteiger charge is -2.22. The van der Waals surface area contributed by atoms with E-state index in [1.807, 2.05) is 13.0 Å². The van der Waals surface area contributed by atoms with Gasteiger partial charge in [-0.15, -0.1) is 11.3 Å². The molecule has 4 nitrogen and oxygen atoms in total. The van der Waals surface area contributed by atoms with Gasteiger partial charge in [0.2, 0.25) is 5.91 Å². The van der Waals surface area contributed by atoms with Gasteiger partial charge in [0.05, 0.1) is 21.3 Å². The summed E-state index contributed by atoms with van der Waals surface area (Å²) in [5.41, 5.74) is 2.34. The Morgan fingerprint density at radius 1 is 1.25 bits per heavy atom. The number of thiophene rings is 1. The van der Waals surface area contributed by atoms with Crippen LogP contribution in [0.2, 0.25) is 0 Å². The van der Waals surface area contributed by atoms with Crippen molar-refractivity contribution < 1.29 is 14.3 Å². The third kappa shape index (κ3) is 3.35. The van der Waals surface area contributed by atoms with Crippen LogP contribution < -0.4 is 5.32 Å². The Labute approximate surface area is 185 Å². The highest BCUT2D eigenvalue weighted by molar-refractivity contribution is 9.25. The van der Waals surface area contributed by atoms with Crippen molar-refractivity contribution in [2.45, 2.75) is 41.8 Å². The summed E-state index contributed by atoms with van der Waals surface area (Å²) in [4.78, 5) is 26.5. The Morgan fingerprint density at radius 3 is 2.54 bits per heavy atom. The largest absolute Gasteiger partial charge is 0.465 e. The van der Waals surface area contributed by atoms with Gasteiger partial charge < -0.3 is 10.1 Å². The molecule has 2 aliphatic rings. The van der Waals surface area contributed by atoms with E-state index in [9.17, 15) is 9.59 Å². The van der Waals surface area contributed by atoms with Crippen LogP contribution in [0, 0.1) is 5.41 Å². The lowest BCUT2D eigenvalue weighted by atomic mass is 9.83. The van der Waals surface area contributed by atoms with Gasteiger partial charge in [-0.3, -0.25) is 4.79 Å². The number of anilines is 1. The third-order valence-electron chi connectivity index (χ3n) is 5.91. The Hall–Kier alpha value is -1.18. The van der Waals surface area contributed by atoms with Crippen LogP contribution in [-0.4, -0.2) is 22.2 Å². The first-order valence-electron chi connectivity index (χ1n) is 9.24. The van der Waals surface area contributed by atoms with Crippen LogP contribution in [0.25, 0.3) is 0 Å². The van der Waals surface area contributed by atoms with Gasteiger partial charge in [0.25, 0.3) is 0 Å². The molecule has 2 aliphatic carbocycles. The Kier molecular flexibility index (Phi) is 5.21. The summed E-state index contributed by atoms with van der Waals surface area (Å²) in [6, 6.07) is 10.5. The van der Waals surface area contributed by atoms with Gasteiger partial charge in [0.15, 0.2) is 0 Å². The number of benzene rings is 1. The molecule has 0 bridgehead atoms. The second kappa shape index (κ2) is 7.26. The number of rotatable bonds is 4. The maximum atomic E-state index is 12.9. The summed E-state index contributed by atoms with van der Waals surface area (Å²) >= 11 is 8.60. The number of amides is 1. The molecular weight excluding hydrogens is 506 g/mol. The molecular formula is C21H21Br2NO3S. The molecule has 0 radical (unpaired) electrons. The number of ether oxygens (including phenoxy) is 1. The number of alkyl halides is 2. The molecule has 7 heteroatoms. The zero-order valence-corrected chi connectivity index (χ0v) is 19.7. The third-order valence-corrected chi connectivity index (χ3v) is 9.39. The fourth-order valence-corrected chi connectivity index (χ4v) is 6.68. The molecule has 1 amide bonds. The van der Waals surface area contributed by atoms with Crippen LogP contribution in [0.4, 0.5) is 5.00 Å². The standard InChI is InChI=1S/C21H21Br2NO3S/c1-20(11-21(20,22)23)19(26)24-17-16(18(25)27-2)14-9-8-13(10-15(14)28-17)12-6-4-3-5-7-12/h3-7,13H,8-11H2,1-2H3,(H,24,26). The predicted octanol–water partition coefficient (Wildman–Crippen LogP) is 5.64. The second-order valence-electron chi connectivity index (χ2n) is 7.72. The molecule has 1 saturated carbocycles. The molecule has 2 aromatic rings. The normalized spacial score (nSPS) is 24.9. The molecule has 148 valence electrons. The summed E-state index contributed by atoms with van der Waals surface area (Å²) in [7, 11) is 1.39. The van der Waals surface area contributed by atoms with Crippen LogP contribution in [0.3, 0.4) is 0 Å². The highest BCUT2D eigenvalue weighted by atomic mass is 79.9. The first kappa shape index (κ1) is 20.1. The predicted molar refractivity (Wildman–Crippen MR) is 119 cm³/mol. The monoisotopic (exact) mass is 525 g/mol. The number of carbonyl (C=O) groups excluding carboxylic acids is 2. The van der Waals surface area contributed by atoms with Gasteiger partial charge in [0, 0.05) is 4.88 Å². The lowest BCUT2D eigenvalue weighted by Crippen LogP contribution is -2.26. The van der Waals surface area contributed by atoms with E-state index in [4.69, 9.17) is 4.74 Å².